The van der Waals surface area contributed by atoms with E-state index in [1.165, 1.54) is 0 Å². The SMILES string of the molecule is CC1CCN(C(=O)c2ccc(I)c(O)c2)CC1. The number of carbonyl (C=O) groups is 1. The Kier molecular flexibility index (Phi) is 3.91. The topological polar surface area (TPSA) is 40.5 Å². The molecule has 0 radical (unpaired) electrons. The standard InChI is InChI=1S/C13H16INO2/c1-9-4-6-15(7-5-9)13(17)10-2-3-11(14)12(16)8-10/h2-3,8-9,16H,4-7H2,1H3. The van der Waals surface area contributed by atoms with Crippen LogP contribution in [0, 0.1) is 9.49 Å². The van der Waals surface area contributed by atoms with Gasteiger partial charge in [-0.25, -0.2) is 0 Å². The predicted octanol–water partition coefficient (Wildman–Crippen LogP) is 2.87. The molecule has 1 amide bonds. The van der Waals surface area contributed by atoms with Crippen LogP contribution >= 0.6 is 22.6 Å². The van der Waals surface area contributed by atoms with Crippen molar-refractivity contribution >= 4 is 28.5 Å². The van der Waals surface area contributed by atoms with Crippen molar-refractivity contribution in [1.82, 2.24) is 4.90 Å². The Balaban J connectivity index is 2.11. The van der Waals surface area contributed by atoms with E-state index in [0.29, 0.717) is 11.5 Å². The monoisotopic (exact) mass is 345 g/mol. The van der Waals surface area contributed by atoms with Gasteiger partial charge in [-0.15, -0.1) is 0 Å². The Bertz CT molecular complexity index is 425. The lowest BCUT2D eigenvalue weighted by Gasteiger charge is -2.30. The number of likely N-dealkylation sites (tertiary alicyclic amines) is 1. The lowest BCUT2D eigenvalue weighted by Crippen LogP contribution is -2.37. The van der Waals surface area contributed by atoms with E-state index < -0.39 is 0 Å². The third-order valence-corrected chi connectivity index (χ3v) is 4.18. The molecule has 92 valence electrons. The third-order valence-electron chi connectivity index (χ3n) is 3.26. The number of benzene rings is 1. The molecule has 0 atom stereocenters. The van der Waals surface area contributed by atoms with Crippen molar-refractivity contribution in [2.45, 2.75) is 19.8 Å². The minimum atomic E-state index is 0.0311. The molecule has 1 aliphatic heterocycles. The number of aromatic hydroxyl groups is 1. The van der Waals surface area contributed by atoms with Crippen molar-refractivity contribution < 1.29 is 9.90 Å². The maximum absolute atomic E-state index is 12.2. The molecule has 1 saturated heterocycles. The van der Waals surface area contributed by atoms with Gasteiger partial charge in [0.05, 0.1) is 3.57 Å². The number of rotatable bonds is 1. The molecule has 1 aromatic carbocycles. The smallest absolute Gasteiger partial charge is 0.253 e. The second-order valence-electron chi connectivity index (χ2n) is 4.64. The summed E-state index contributed by atoms with van der Waals surface area (Å²) < 4.78 is 0.770. The van der Waals surface area contributed by atoms with Crippen molar-refractivity contribution in [2.75, 3.05) is 13.1 Å². The Hall–Kier alpha value is -0.780. The summed E-state index contributed by atoms with van der Waals surface area (Å²) in [6.07, 6.45) is 2.14. The molecule has 0 spiro atoms. The Morgan fingerprint density at radius 1 is 1.41 bits per heavy atom. The highest BCUT2D eigenvalue weighted by Gasteiger charge is 2.21. The van der Waals surface area contributed by atoms with Crippen LogP contribution in [0.4, 0.5) is 0 Å². The fourth-order valence-corrected chi connectivity index (χ4v) is 2.38. The summed E-state index contributed by atoms with van der Waals surface area (Å²) in [6.45, 7) is 3.87. The highest BCUT2D eigenvalue weighted by molar-refractivity contribution is 14.1. The first-order chi connectivity index (χ1) is 8.08. The highest BCUT2D eigenvalue weighted by atomic mass is 127. The van der Waals surface area contributed by atoms with Gasteiger partial charge in [-0.3, -0.25) is 4.79 Å². The molecule has 0 bridgehead atoms. The maximum Gasteiger partial charge on any atom is 0.253 e. The number of phenols is 1. The second-order valence-corrected chi connectivity index (χ2v) is 5.80. The van der Waals surface area contributed by atoms with E-state index in [2.05, 4.69) is 6.92 Å². The fourth-order valence-electron chi connectivity index (χ4n) is 2.04. The van der Waals surface area contributed by atoms with E-state index in [1.807, 2.05) is 27.5 Å². The maximum atomic E-state index is 12.2. The van der Waals surface area contributed by atoms with Crippen LogP contribution in [0.25, 0.3) is 0 Å². The molecule has 1 aliphatic rings. The molecule has 0 saturated carbocycles. The zero-order chi connectivity index (χ0) is 12.4. The quantitative estimate of drug-likeness (QED) is 0.796. The number of phenolic OH excluding ortho intramolecular Hbond substituents is 1. The number of piperidine rings is 1. The van der Waals surface area contributed by atoms with Crippen LogP contribution in [0.2, 0.25) is 0 Å². The molecule has 1 fully saturated rings. The molecular weight excluding hydrogens is 329 g/mol. The van der Waals surface area contributed by atoms with Gasteiger partial charge >= 0.3 is 0 Å². The fraction of sp³-hybridized carbons (Fsp3) is 0.462. The predicted molar refractivity (Wildman–Crippen MR) is 75.1 cm³/mol. The molecule has 0 aliphatic carbocycles. The summed E-state index contributed by atoms with van der Waals surface area (Å²) in [5, 5.41) is 9.61. The minimum Gasteiger partial charge on any atom is -0.507 e. The molecule has 0 unspecified atom stereocenters. The largest absolute Gasteiger partial charge is 0.507 e. The van der Waals surface area contributed by atoms with Gasteiger partial charge in [0.1, 0.15) is 5.75 Å². The molecule has 0 aromatic heterocycles. The van der Waals surface area contributed by atoms with E-state index in [-0.39, 0.29) is 11.7 Å². The van der Waals surface area contributed by atoms with E-state index in [1.54, 1.807) is 18.2 Å². The van der Waals surface area contributed by atoms with Gasteiger partial charge in [0, 0.05) is 18.7 Å². The first kappa shape index (κ1) is 12.7. The first-order valence-corrected chi connectivity index (χ1v) is 6.93. The number of hydrogen-bond donors (Lipinski definition) is 1. The summed E-state index contributed by atoms with van der Waals surface area (Å²) in [6, 6.07) is 5.11. The molecule has 1 aromatic rings. The van der Waals surface area contributed by atoms with Gasteiger partial charge in [-0.05, 0) is 59.5 Å². The summed E-state index contributed by atoms with van der Waals surface area (Å²) >= 11 is 2.05. The van der Waals surface area contributed by atoms with Crippen molar-refractivity contribution in [1.29, 1.82) is 0 Å². The van der Waals surface area contributed by atoms with Crippen LogP contribution in [0.5, 0.6) is 5.75 Å². The van der Waals surface area contributed by atoms with Crippen molar-refractivity contribution in [3.05, 3.63) is 27.3 Å². The molecule has 3 nitrogen and oxygen atoms in total. The second kappa shape index (κ2) is 5.25. The van der Waals surface area contributed by atoms with Crippen LogP contribution in [0.15, 0.2) is 18.2 Å². The lowest BCUT2D eigenvalue weighted by molar-refractivity contribution is 0.0697. The van der Waals surface area contributed by atoms with E-state index in [0.717, 1.165) is 29.5 Å². The van der Waals surface area contributed by atoms with Crippen LogP contribution < -0.4 is 0 Å². The number of carbonyl (C=O) groups excluding carboxylic acids is 1. The highest BCUT2D eigenvalue weighted by Crippen LogP contribution is 2.23. The number of nitrogens with zero attached hydrogens (tertiary/aromatic N) is 1. The van der Waals surface area contributed by atoms with Crippen LogP contribution in [0.1, 0.15) is 30.1 Å². The normalized spacial score (nSPS) is 17.2. The van der Waals surface area contributed by atoms with E-state index >= 15 is 0 Å². The number of halogens is 1. The molecule has 17 heavy (non-hydrogen) atoms. The van der Waals surface area contributed by atoms with Crippen LogP contribution in [-0.4, -0.2) is 29.0 Å². The molecule has 2 rings (SSSR count). The Labute approximate surface area is 115 Å². The van der Waals surface area contributed by atoms with Gasteiger partial charge in [0.15, 0.2) is 0 Å². The van der Waals surface area contributed by atoms with Gasteiger partial charge in [-0.2, -0.15) is 0 Å². The number of hydrogen-bond acceptors (Lipinski definition) is 2. The summed E-state index contributed by atoms with van der Waals surface area (Å²) in [5.74, 6) is 0.926. The lowest BCUT2D eigenvalue weighted by atomic mass is 9.98. The van der Waals surface area contributed by atoms with E-state index in [4.69, 9.17) is 0 Å². The van der Waals surface area contributed by atoms with Gasteiger partial charge in [0.25, 0.3) is 5.91 Å². The molecular formula is C13H16INO2. The summed E-state index contributed by atoms with van der Waals surface area (Å²) in [4.78, 5) is 14.1. The average molecular weight is 345 g/mol. The summed E-state index contributed by atoms with van der Waals surface area (Å²) in [7, 11) is 0. The van der Waals surface area contributed by atoms with Gasteiger partial charge < -0.3 is 10.0 Å². The average Bonchev–Trinajstić information content (AvgIpc) is 2.33. The third kappa shape index (κ3) is 2.91. The van der Waals surface area contributed by atoms with Crippen LogP contribution in [-0.2, 0) is 0 Å². The van der Waals surface area contributed by atoms with Crippen molar-refractivity contribution in [3.8, 4) is 5.75 Å². The van der Waals surface area contributed by atoms with Gasteiger partial charge in [0.2, 0.25) is 0 Å². The zero-order valence-corrected chi connectivity index (χ0v) is 12.0. The molecule has 4 heteroatoms. The molecule has 1 N–H and O–H groups in total. The summed E-state index contributed by atoms with van der Waals surface area (Å²) in [5.41, 5.74) is 0.581. The molecule has 1 heterocycles. The van der Waals surface area contributed by atoms with Gasteiger partial charge in [-0.1, -0.05) is 6.92 Å². The van der Waals surface area contributed by atoms with Crippen LogP contribution in [0.3, 0.4) is 0 Å². The zero-order valence-electron chi connectivity index (χ0n) is 9.82. The number of amides is 1. The van der Waals surface area contributed by atoms with E-state index in [9.17, 15) is 9.90 Å². The Morgan fingerprint density at radius 2 is 2.06 bits per heavy atom. The van der Waals surface area contributed by atoms with Crippen molar-refractivity contribution in [2.24, 2.45) is 5.92 Å². The Morgan fingerprint density at radius 3 is 2.65 bits per heavy atom. The minimum absolute atomic E-state index is 0.0311. The van der Waals surface area contributed by atoms with Crippen molar-refractivity contribution in [3.63, 3.8) is 0 Å². The first-order valence-electron chi connectivity index (χ1n) is 5.85.